The molecule has 2 heterocycles. The van der Waals surface area contributed by atoms with Gasteiger partial charge in [0.15, 0.2) is 0 Å². The second kappa shape index (κ2) is 8.44. The van der Waals surface area contributed by atoms with Crippen molar-refractivity contribution in [2.24, 2.45) is 5.92 Å². The van der Waals surface area contributed by atoms with E-state index in [0.29, 0.717) is 23.5 Å². The molecular weight excluding hydrogens is 450 g/mol. The van der Waals surface area contributed by atoms with Crippen LogP contribution >= 0.6 is 15.9 Å². The third-order valence-electron chi connectivity index (χ3n) is 5.85. The zero-order chi connectivity index (χ0) is 20.4. The fourth-order valence-electron chi connectivity index (χ4n) is 4.30. The molecule has 0 aliphatic heterocycles. The first-order valence-corrected chi connectivity index (χ1v) is 12.6. The number of hydrogen-bond acceptors (Lipinski definition) is 5. The molecule has 154 valence electrons. The van der Waals surface area contributed by atoms with Gasteiger partial charge in [0, 0.05) is 39.2 Å². The highest BCUT2D eigenvalue weighted by molar-refractivity contribution is 9.10. The number of rotatable bonds is 6. The van der Waals surface area contributed by atoms with Crippen LogP contribution in [0, 0.1) is 10.7 Å². The lowest BCUT2D eigenvalue weighted by molar-refractivity contribution is 0.342. The summed E-state index contributed by atoms with van der Waals surface area (Å²) >= 11 is 3.42. The average Bonchev–Trinajstić information content (AvgIpc) is 3.18. The molecule has 2 N–H and O–H groups in total. The topological polar surface area (TPSA) is 85.7 Å². The summed E-state index contributed by atoms with van der Waals surface area (Å²) in [5.74, 6) is 2.15. The van der Waals surface area contributed by atoms with E-state index >= 15 is 0 Å². The van der Waals surface area contributed by atoms with E-state index in [9.17, 15) is 4.21 Å². The van der Waals surface area contributed by atoms with Crippen LogP contribution < -0.4 is 4.90 Å². The molecule has 8 heteroatoms. The van der Waals surface area contributed by atoms with Crippen LogP contribution in [0.1, 0.15) is 31.2 Å². The summed E-state index contributed by atoms with van der Waals surface area (Å²) in [5.41, 5.74) is 1.83. The largest absolute Gasteiger partial charge is 0.356 e. The summed E-state index contributed by atoms with van der Waals surface area (Å²) in [6, 6.07) is 10.2. The van der Waals surface area contributed by atoms with Crippen LogP contribution in [0.15, 0.2) is 47.3 Å². The SMILES string of the molecule is CN(c1ncnc2[nH]ccc12)C1CCC(C[S@@](=N)(=O)Cc2ccc(Br)cc2)CC1. The molecule has 1 atom stereocenters. The molecule has 1 aliphatic carbocycles. The second-order valence-electron chi connectivity index (χ2n) is 7.97. The minimum absolute atomic E-state index is 0.340. The van der Waals surface area contributed by atoms with Crippen LogP contribution in [-0.4, -0.2) is 38.0 Å². The Morgan fingerprint density at radius 1 is 1.17 bits per heavy atom. The monoisotopic (exact) mass is 475 g/mol. The minimum atomic E-state index is -2.61. The fourth-order valence-corrected chi connectivity index (χ4v) is 6.51. The maximum atomic E-state index is 12.9. The van der Waals surface area contributed by atoms with E-state index in [1.165, 1.54) is 0 Å². The molecule has 0 radical (unpaired) electrons. The Morgan fingerprint density at radius 3 is 2.62 bits per heavy atom. The van der Waals surface area contributed by atoms with Gasteiger partial charge >= 0.3 is 0 Å². The Labute approximate surface area is 180 Å². The van der Waals surface area contributed by atoms with E-state index in [1.54, 1.807) is 6.33 Å². The molecule has 1 fully saturated rings. The van der Waals surface area contributed by atoms with Crippen LogP contribution in [0.3, 0.4) is 0 Å². The van der Waals surface area contributed by atoms with E-state index in [1.807, 2.05) is 36.5 Å². The minimum Gasteiger partial charge on any atom is -0.356 e. The Balaban J connectivity index is 1.35. The van der Waals surface area contributed by atoms with Gasteiger partial charge in [-0.2, -0.15) is 0 Å². The average molecular weight is 476 g/mol. The summed E-state index contributed by atoms with van der Waals surface area (Å²) in [6.07, 6.45) is 7.58. The molecule has 0 bridgehead atoms. The smallest absolute Gasteiger partial charge is 0.142 e. The van der Waals surface area contributed by atoms with Crippen LogP contribution in [0.25, 0.3) is 11.0 Å². The summed E-state index contributed by atoms with van der Waals surface area (Å²) in [6.45, 7) is 0. The Hall–Kier alpha value is -1.93. The maximum Gasteiger partial charge on any atom is 0.142 e. The summed E-state index contributed by atoms with van der Waals surface area (Å²) < 4.78 is 22.3. The standard InChI is InChI=1S/C21H26BrN5OS/c1-27(21-19-10-11-24-20(19)25-14-26-21)18-8-4-16(5-9-18)13-29(23,28)12-15-2-6-17(22)7-3-15/h2-3,6-7,10-11,14,16,18,23H,4-5,8-9,12-13H2,1H3,(H,24,25,26)/t16?,18?,29-/m0/s1. The Kier molecular flexibility index (Phi) is 5.92. The van der Waals surface area contributed by atoms with E-state index in [2.05, 4.69) is 42.8 Å². The highest BCUT2D eigenvalue weighted by Gasteiger charge is 2.27. The third kappa shape index (κ3) is 4.80. The Morgan fingerprint density at radius 2 is 1.90 bits per heavy atom. The molecule has 0 spiro atoms. The number of anilines is 1. The number of nitrogens with zero attached hydrogens (tertiary/aromatic N) is 3. The maximum absolute atomic E-state index is 12.9. The molecule has 1 aliphatic rings. The molecule has 3 aromatic rings. The molecule has 1 aromatic carbocycles. The van der Waals surface area contributed by atoms with Crippen molar-refractivity contribution in [3.63, 3.8) is 0 Å². The van der Waals surface area contributed by atoms with Crippen molar-refractivity contribution in [1.29, 1.82) is 4.78 Å². The van der Waals surface area contributed by atoms with Crippen molar-refractivity contribution in [3.8, 4) is 0 Å². The van der Waals surface area contributed by atoms with Crippen molar-refractivity contribution in [1.82, 2.24) is 15.0 Å². The molecule has 6 nitrogen and oxygen atoms in total. The molecule has 29 heavy (non-hydrogen) atoms. The van der Waals surface area contributed by atoms with E-state index < -0.39 is 9.73 Å². The normalized spacial score (nSPS) is 21.7. The van der Waals surface area contributed by atoms with Gasteiger partial charge in [-0.05, 0) is 55.4 Å². The summed E-state index contributed by atoms with van der Waals surface area (Å²) in [4.78, 5) is 14.2. The number of nitrogens with one attached hydrogen (secondary N) is 2. The molecule has 0 amide bonds. The van der Waals surface area contributed by atoms with Gasteiger partial charge in [-0.25, -0.2) is 14.2 Å². The van der Waals surface area contributed by atoms with Crippen LogP contribution in [0.2, 0.25) is 0 Å². The van der Waals surface area contributed by atoms with Gasteiger partial charge in [0.2, 0.25) is 0 Å². The first-order chi connectivity index (χ1) is 13.9. The van der Waals surface area contributed by atoms with E-state index in [0.717, 1.165) is 52.6 Å². The van der Waals surface area contributed by atoms with Gasteiger partial charge in [0.25, 0.3) is 0 Å². The van der Waals surface area contributed by atoms with Crippen LogP contribution in [-0.2, 0) is 15.5 Å². The third-order valence-corrected chi connectivity index (χ3v) is 8.19. The van der Waals surface area contributed by atoms with Crippen molar-refractivity contribution < 1.29 is 4.21 Å². The zero-order valence-electron chi connectivity index (χ0n) is 16.5. The molecular formula is C21H26BrN5OS. The lowest BCUT2D eigenvalue weighted by Gasteiger charge is -2.35. The number of aromatic amines is 1. The van der Waals surface area contributed by atoms with Crippen molar-refractivity contribution in [2.75, 3.05) is 17.7 Å². The first kappa shape index (κ1) is 20.3. The fraction of sp³-hybridized carbons (Fsp3) is 0.429. The quantitative estimate of drug-likeness (QED) is 0.527. The second-order valence-corrected chi connectivity index (χ2v) is 11.1. The predicted octanol–water partition coefficient (Wildman–Crippen LogP) is 4.96. The van der Waals surface area contributed by atoms with Gasteiger partial charge in [0.1, 0.15) is 17.8 Å². The van der Waals surface area contributed by atoms with Crippen LogP contribution in [0.5, 0.6) is 0 Å². The number of fused-ring (bicyclic) bond motifs is 1. The highest BCUT2D eigenvalue weighted by atomic mass is 79.9. The Bertz CT molecular complexity index is 1070. The van der Waals surface area contributed by atoms with Gasteiger partial charge in [-0.3, -0.25) is 4.78 Å². The lowest BCUT2D eigenvalue weighted by atomic mass is 9.86. The molecule has 4 rings (SSSR count). The number of H-pyrrole nitrogens is 1. The van der Waals surface area contributed by atoms with Gasteiger partial charge in [-0.1, -0.05) is 28.1 Å². The first-order valence-electron chi connectivity index (χ1n) is 9.91. The summed E-state index contributed by atoms with van der Waals surface area (Å²) in [7, 11) is -0.514. The highest BCUT2D eigenvalue weighted by Crippen LogP contribution is 2.32. The predicted molar refractivity (Wildman–Crippen MR) is 122 cm³/mol. The number of aromatic nitrogens is 3. The van der Waals surface area contributed by atoms with Crippen molar-refractivity contribution >= 4 is 42.5 Å². The van der Waals surface area contributed by atoms with Crippen LogP contribution in [0.4, 0.5) is 5.82 Å². The van der Waals surface area contributed by atoms with E-state index in [4.69, 9.17) is 4.78 Å². The van der Waals surface area contributed by atoms with Crippen molar-refractivity contribution in [3.05, 3.63) is 52.9 Å². The van der Waals surface area contributed by atoms with Crippen molar-refractivity contribution in [2.45, 2.75) is 37.5 Å². The molecule has 0 unspecified atom stereocenters. The number of halogens is 1. The number of benzene rings is 1. The molecule has 1 saturated carbocycles. The van der Waals surface area contributed by atoms with Gasteiger partial charge < -0.3 is 9.88 Å². The van der Waals surface area contributed by atoms with E-state index in [-0.39, 0.29) is 0 Å². The van der Waals surface area contributed by atoms with Gasteiger partial charge in [-0.15, -0.1) is 0 Å². The number of hydrogen-bond donors (Lipinski definition) is 2. The molecule has 0 saturated heterocycles. The zero-order valence-corrected chi connectivity index (χ0v) is 18.9. The summed E-state index contributed by atoms with van der Waals surface area (Å²) in [5, 5.41) is 1.04. The van der Waals surface area contributed by atoms with Gasteiger partial charge in [0.05, 0.1) is 11.1 Å². The molecule has 2 aromatic heterocycles. The lowest BCUT2D eigenvalue weighted by Crippen LogP contribution is -2.37.